The van der Waals surface area contributed by atoms with Crippen LogP contribution in [0, 0.1) is 0 Å². The molecule has 5 nitrogen and oxygen atoms in total. The van der Waals surface area contributed by atoms with Crippen LogP contribution in [-0.2, 0) is 17.8 Å². The number of benzene rings is 1. The summed E-state index contributed by atoms with van der Waals surface area (Å²) in [6.07, 6.45) is 2.19. The lowest BCUT2D eigenvalue weighted by Gasteiger charge is -2.34. The van der Waals surface area contributed by atoms with Gasteiger partial charge in [-0.2, -0.15) is 0 Å². The second-order valence-electron chi connectivity index (χ2n) is 5.59. The number of nitrogen functional groups attached to an aromatic ring is 1. The third-order valence-corrected chi connectivity index (χ3v) is 5.16. The number of hydrogen-bond donors (Lipinski definition) is 1. The van der Waals surface area contributed by atoms with E-state index >= 15 is 0 Å². The molecule has 1 saturated heterocycles. The third kappa shape index (κ3) is 4.22. The quantitative estimate of drug-likeness (QED) is 0.918. The number of carbonyl (C=O) groups is 1. The first-order valence-electron chi connectivity index (χ1n) is 7.55. The smallest absolute Gasteiger partial charge is 0.227 e. The number of carbonyl (C=O) groups excluding carboxylic acids is 1. The number of hydrogen-bond acceptors (Lipinski definition) is 5. The van der Waals surface area contributed by atoms with Crippen molar-refractivity contribution in [2.45, 2.75) is 13.0 Å². The molecule has 23 heavy (non-hydrogen) atoms. The minimum Gasteiger partial charge on any atom is -0.375 e. The van der Waals surface area contributed by atoms with Gasteiger partial charge in [0.05, 0.1) is 6.42 Å². The first-order chi connectivity index (χ1) is 11.1. The van der Waals surface area contributed by atoms with Gasteiger partial charge in [-0.05, 0) is 11.6 Å². The van der Waals surface area contributed by atoms with Crippen molar-refractivity contribution in [3.63, 3.8) is 0 Å². The van der Waals surface area contributed by atoms with Gasteiger partial charge >= 0.3 is 0 Å². The Kier molecular flexibility index (Phi) is 5.15. The molecule has 2 aromatic rings. The topological polar surface area (TPSA) is 62.5 Å². The van der Waals surface area contributed by atoms with Gasteiger partial charge in [-0.15, -0.1) is 11.3 Å². The molecule has 0 bridgehead atoms. The summed E-state index contributed by atoms with van der Waals surface area (Å²) in [5.41, 5.74) is 6.55. The zero-order valence-corrected chi connectivity index (χ0v) is 14.3. The minimum atomic E-state index is 0.139. The highest BCUT2D eigenvalue weighted by Crippen LogP contribution is 2.19. The summed E-state index contributed by atoms with van der Waals surface area (Å²) < 4.78 is 0. The maximum Gasteiger partial charge on any atom is 0.227 e. The molecular formula is C16H19ClN4OS. The van der Waals surface area contributed by atoms with Crippen molar-refractivity contribution in [1.29, 1.82) is 0 Å². The van der Waals surface area contributed by atoms with E-state index in [1.807, 2.05) is 35.4 Å². The lowest BCUT2D eigenvalue weighted by molar-refractivity contribution is -0.132. The van der Waals surface area contributed by atoms with Gasteiger partial charge in [0.25, 0.3) is 0 Å². The molecule has 0 saturated carbocycles. The van der Waals surface area contributed by atoms with Crippen molar-refractivity contribution < 1.29 is 4.79 Å². The van der Waals surface area contributed by atoms with Gasteiger partial charge in [-0.1, -0.05) is 29.8 Å². The highest BCUT2D eigenvalue weighted by atomic mass is 35.5. The van der Waals surface area contributed by atoms with Crippen LogP contribution in [0.15, 0.2) is 30.5 Å². The van der Waals surface area contributed by atoms with Crippen LogP contribution < -0.4 is 5.73 Å². The normalized spacial score (nSPS) is 15.8. The highest BCUT2D eigenvalue weighted by molar-refractivity contribution is 7.15. The van der Waals surface area contributed by atoms with E-state index < -0.39 is 0 Å². The summed E-state index contributed by atoms with van der Waals surface area (Å²) >= 11 is 7.65. The number of amides is 1. The number of rotatable bonds is 4. The van der Waals surface area contributed by atoms with Gasteiger partial charge in [0, 0.05) is 48.8 Å². The molecule has 122 valence electrons. The molecule has 0 aliphatic carbocycles. The highest BCUT2D eigenvalue weighted by Gasteiger charge is 2.22. The fraction of sp³-hybridized carbons (Fsp3) is 0.375. The van der Waals surface area contributed by atoms with Crippen LogP contribution >= 0.6 is 22.9 Å². The van der Waals surface area contributed by atoms with Gasteiger partial charge in [0.1, 0.15) is 0 Å². The van der Waals surface area contributed by atoms with Crippen LogP contribution in [0.25, 0.3) is 0 Å². The SMILES string of the molecule is Nc1ncc(CN2CCN(C(=O)Cc3ccccc3Cl)CC2)s1. The van der Waals surface area contributed by atoms with Crippen molar-refractivity contribution in [2.24, 2.45) is 0 Å². The van der Waals surface area contributed by atoms with Crippen LogP contribution in [0.1, 0.15) is 10.4 Å². The Balaban J connectivity index is 1.50. The predicted octanol–water partition coefficient (Wildman–Crippen LogP) is 2.27. The fourth-order valence-corrected chi connectivity index (χ4v) is 3.62. The second kappa shape index (κ2) is 7.29. The van der Waals surface area contributed by atoms with Gasteiger partial charge < -0.3 is 10.6 Å². The summed E-state index contributed by atoms with van der Waals surface area (Å²) in [6.45, 7) is 4.08. The standard InChI is InChI=1S/C16H19ClN4OS/c17-14-4-2-1-3-12(14)9-15(22)21-7-5-20(6-8-21)11-13-10-19-16(18)23-13/h1-4,10H,5-9,11H2,(H2,18,19). The maximum atomic E-state index is 12.4. The van der Waals surface area contributed by atoms with Gasteiger partial charge in [0.15, 0.2) is 5.13 Å². The van der Waals surface area contributed by atoms with Crippen LogP contribution in [0.3, 0.4) is 0 Å². The molecule has 1 aliphatic rings. The molecule has 2 heterocycles. The van der Waals surface area contributed by atoms with Gasteiger partial charge in [-0.3, -0.25) is 9.69 Å². The largest absolute Gasteiger partial charge is 0.375 e. The summed E-state index contributed by atoms with van der Waals surface area (Å²) in [4.78, 5) is 21.9. The second-order valence-corrected chi connectivity index (χ2v) is 7.14. The number of nitrogens with two attached hydrogens (primary N) is 1. The lowest BCUT2D eigenvalue weighted by atomic mass is 10.1. The molecule has 0 atom stereocenters. The lowest BCUT2D eigenvalue weighted by Crippen LogP contribution is -2.48. The Labute approximate surface area is 144 Å². The van der Waals surface area contributed by atoms with Crippen LogP contribution in [-0.4, -0.2) is 46.9 Å². The molecule has 0 radical (unpaired) electrons. The molecule has 2 N–H and O–H groups in total. The van der Waals surface area contributed by atoms with Crippen molar-refractivity contribution in [1.82, 2.24) is 14.8 Å². The number of aromatic nitrogens is 1. The summed E-state index contributed by atoms with van der Waals surface area (Å²) in [6, 6.07) is 7.52. The van der Waals surface area contributed by atoms with E-state index in [0.29, 0.717) is 16.6 Å². The molecule has 1 aromatic heterocycles. The zero-order chi connectivity index (χ0) is 16.2. The monoisotopic (exact) mass is 350 g/mol. The minimum absolute atomic E-state index is 0.139. The van der Waals surface area contributed by atoms with Crippen molar-refractivity contribution in [2.75, 3.05) is 31.9 Å². The van der Waals surface area contributed by atoms with Crippen LogP contribution in [0.2, 0.25) is 5.02 Å². The summed E-state index contributed by atoms with van der Waals surface area (Å²) in [5.74, 6) is 0.139. The Morgan fingerprint density at radius 1 is 1.26 bits per heavy atom. The Morgan fingerprint density at radius 2 is 2.00 bits per heavy atom. The number of piperazine rings is 1. The van der Waals surface area contributed by atoms with E-state index in [-0.39, 0.29) is 5.91 Å². The molecule has 0 spiro atoms. The number of thiazole rings is 1. The molecule has 1 aliphatic heterocycles. The molecular weight excluding hydrogens is 332 g/mol. The van der Waals surface area contributed by atoms with Crippen molar-refractivity contribution in [3.8, 4) is 0 Å². The Hall–Kier alpha value is -1.63. The van der Waals surface area contributed by atoms with E-state index in [9.17, 15) is 4.79 Å². The van der Waals surface area contributed by atoms with E-state index in [0.717, 1.165) is 38.3 Å². The van der Waals surface area contributed by atoms with Crippen molar-refractivity contribution >= 4 is 34.0 Å². The molecule has 7 heteroatoms. The predicted molar refractivity (Wildman–Crippen MR) is 93.5 cm³/mol. The van der Waals surface area contributed by atoms with Crippen LogP contribution in [0.5, 0.6) is 0 Å². The third-order valence-electron chi connectivity index (χ3n) is 3.98. The molecule has 3 rings (SSSR count). The molecule has 1 aromatic carbocycles. The first-order valence-corrected chi connectivity index (χ1v) is 8.75. The molecule has 0 unspecified atom stereocenters. The number of anilines is 1. The number of nitrogens with zero attached hydrogens (tertiary/aromatic N) is 3. The van der Waals surface area contributed by atoms with Crippen molar-refractivity contribution in [3.05, 3.63) is 45.9 Å². The Bertz CT molecular complexity index is 682. The fourth-order valence-electron chi connectivity index (χ4n) is 2.69. The average Bonchev–Trinajstić information content (AvgIpc) is 2.95. The average molecular weight is 351 g/mol. The van der Waals surface area contributed by atoms with E-state index in [4.69, 9.17) is 17.3 Å². The zero-order valence-electron chi connectivity index (χ0n) is 12.7. The first kappa shape index (κ1) is 16.2. The molecule has 1 amide bonds. The van der Waals surface area contributed by atoms with Gasteiger partial charge in [0.2, 0.25) is 5.91 Å². The summed E-state index contributed by atoms with van der Waals surface area (Å²) in [5, 5.41) is 1.26. The summed E-state index contributed by atoms with van der Waals surface area (Å²) in [7, 11) is 0. The van der Waals surface area contributed by atoms with Crippen LogP contribution in [0.4, 0.5) is 5.13 Å². The van der Waals surface area contributed by atoms with Gasteiger partial charge in [-0.25, -0.2) is 4.98 Å². The molecule has 1 fully saturated rings. The Morgan fingerprint density at radius 3 is 2.65 bits per heavy atom. The van der Waals surface area contributed by atoms with E-state index in [2.05, 4.69) is 9.88 Å². The number of halogens is 1. The van der Waals surface area contributed by atoms with E-state index in [1.165, 1.54) is 16.2 Å². The maximum absolute atomic E-state index is 12.4. The van der Waals surface area contributed by atoms with E-state index in [1.54, 1.807) is 0 Å².